The number of hydrogen-bond donors (Lipinski definition) is 3. The third kappa shape index (κ3) is 4.17. The van der Waals surface area contributed by atoms with E-state index in [0.29, 0.717) is 0 Å². The largest absolute Gasteiger partial charge is 0.483 e. The third-order valence-corrected chi connectivity index (χ3v) is 2.65. The van der Waals surface area contributed by atoms with E-state index in [9.17, 15) is 9.59 Å². The molecular formula is C13H18N2O4. The second-order valence-electron chi connectivity index (χ2n) is 4.19. The van der Waals surface area contributed by atoms with Crippen LogP contribution in [0.4, 0.5) is 5.69 Å². The zero-order chi connectivity index (χ0) is 14.4. The first-order chi connectivity index (χ1) is 8.95. The van der Waals surface area contributed by atoms with Crippen molar-refractivity contribution in [3.05, 3.63) is 23.8 Å². The normalized spacial score (nSPS) is 11.7. The van der Waals surface area contributed by atoms with Crippen molar-refractivity contribution in [1.82, 2.24) is 5.32 Å². The zero-order valence-electron chi connectivity index (χ0n) is 11.0. The summed E-state index contributed by atoms with van der Waals surface area (Å²) in [7, 11) is 0. The van der Waals surface area contributed by atoms with Gasteiger partial charge in [-0.25, -0.2) is 4.79 Å². The lowest BCUT2D eigenvalue weighted by Gasteiger charge is -2.13. The van der Waals surface area contributed by atoms with Gasteiger partial charge >= 0.3 is 5.97 Å². The molecule has 0 saturated carbocycles. The lowest BCUT2D eigenvalue weighted by atomic mass is 10.1. The van der Waals surface area contributed by atoms with E-state index in [-0.39, 0.29) is 35.6 Å². The molecule has 0 radical (unpaired) electrons. The Labute approximate surface area is 111 Å². The number of rotatable bonds is 6. The van der Waals surface area contributed by atoms with Gasteiger partial charge in [0.25, 0.3) is 5.91 Å². The molecule has 1 aromatic carbocycles. The lowest BCUT2D eigenvalue weighted by Crippen LogP contribution is -2.35. The Morgan fingerprint density at radius 3 is 2.74 bits per heavy atom. The summed E-state index contributed by atoms with van der Waals surface area (Å²) in [5.41, 5.74) is 5.55. The Morgan fingerprint density at radius 1 is 1.47 bits per heavy atom. The van der Waals surface area contributed by atoms with Crippen LogP contribution >= 0.6 is 0 Å². The van der Waals surface area contributed by atoms with Crippen molar-refractivity contribution in [2.75, 3.05) is 12.3 Å². The molecule has 0 saturated heterocycles. The highest BCUT2D eigenvalue weighted by atomic mass is 16.5. The summed E-state index contributed by atoms with van der Waals surface area (Å²) < 4.78 is 5.21. The minimum atomic E-state index is -1.18. The van der Waals surface area contributed by atoms with Gasteiger partial charge < -0.3 is 20.9 Å². The monoisotopic (exact) mass is 266 g/mol. The number of nitrogen functional groups attached to an aromatic ring is 1. The van der Waals surface area contributed by atoms with Gasteiger partial charge in [0.15, 0.2) is 6.61 Å². The van der Waals surface area contributed by atoms with Gasteiger partial charge in [0.2, 0.25) is 0 Å². The number of nitrogens with two attached hydrogens (primary N) is 1. The summed E-state index contributed by atoms with van der Waals surface area (Å²) in [5.74, 6) is -1.39. The predicted molar refractivity (Wildman–Crippen MR) is 71.2 cm³/mol. The van der Waals surface area contributed by atoms with Crippen LogP contribution in [0, 0.1) is 0 Å². The van der Waals surface area contributed by atoms with Crippen LogP contribution in [0.2, 0.25) is 0 Å². The van der Waals surface area contributed by atoms with Crippen molar-refractivity contribution < 1.29 is 19.4 Å². The Bertz CT molecular complexity index is 474. The number of hydrogen-bond acceptors (Lipinski definition) is 4. The third-order valence-electron chi connectivity index (χ3n) is 2.65. The number of nitrogens with one attached hydrogen (secondary N) is 1. The Balaban J connectivity index is 2.71. The highest BCUT2D eigenvalue weighted by molar-refractivity contribution is 5.96. The van der Waals surface area contributed by atoms with Gasteiger partial charge in [-0.2, -0.15) is 0 Å². The van der Waals surface area contributed by atoms with Crippen LogP contribution < -0.4 is 15.8 Å². The van der Waals surface area contributed by atoms with Gasteiger partial charge in [-0.3, -0.25) is 4.79 Å². The molecule has 1 aromatic rings. The van der Waals surface area contributed by atoms with Crippen molar-refractivity contribution in [3.8, 4) is 5.75 Å². The van der Waals surface area contributed by atoms with E-state index in [0.717, 1.165) is 6.42 Å². The zero-order valence-corrected chi connectivity index (χ0v) is 11.0. The number of anilines is 1. The van der Waals surface area contributed by atoms with E-state index >= 15 is 0 Å². The Kier molecular flexibility index (Phi) is 5.17. The fourth-order valence-corrected chi connectivity index (χ4v) is 1.46. The van der Waals surface area contributed by atoms with Crippen molar-refractivity contribution in [1.29, 1.82) is 0 Å². The number of carboxylic acid groups (broad SMARTS) is 1. The fraction of sp³-hybridized carbons (Fsp3) is 0.385. The quantitative estimate of drug-likeness (QED) is 0.673. The summed E-state index contributed by atoms with van der Waals surface area (Å²) in [6.45, 7) is 3.58. The lowest BCUT2D eigenvalue weighted by molar-refractivity contribution is -0.123. The van der Waals surface area contributed by atoms with Gasteiger partial charge in [0.05, 0.1) is 0 Å². The summed E-state index contributed by atoms with van der Waals surface area (Å²) in [4.78, 5) is 22.6. The molecule has 0 aliphatic carbocycles. The molecule has 0 aromatic heterocycles. The average molecular weight is 266 g/mol. The molecule has 0 spiro atoms. The molecule has 6 heteroatoms. The minimum absolute atomic E-state index is 0.0517. The van der Waals surface area contributed by atoms with E-state index in [1.165, 1.54) is 12.1 Å². The number of carboxylic acids is 1. The maximum atomic E-state index is 11.5. The van der Waals surface area contributed by atoms with E-state index < -0.39 is 5.97 Å². The highest BCUT2D eigenvalue weighted by Gasteiger charge is 2.16. The first-order valence-corrected chi connectivity index (χ1v) is 5.99. The maximum Gasteiger partial charge on any atom is 0.341 e. The van der Waals surface area contributed by atoms with Crippen LogP contribution in [0.5, 0.6) is 5.75 Å². The molecule has 0 aliphatic rings. The number of ether oxygens (including phenoxy) is 1. The SMILES string of the molecule is CCC(C)NC(=O)COc1cccc(N)c1C(=O)O. The smallest absolute Gasteiger partial charge is 0.341 e. The molecule has 0 heterocycles. The van der Waals surface area contributed by atoms with Gasteiger partial charge in [0.1, 0.15) is 11.3 Å². The number of carbonyl (C=O) groups excluding carboxylic acids is 1. The summed E-state index contributed by atoms with van der Waals surface area (Å²) in [6.07, 6.45) is 0.810. The number of benzene rings is 1. The van der Waals surface area contributed by atoms with Gasteiger partial charge in [0, 0.05) is 11.7 Å². The van der Waals surface area contributed by atoms with Crippen molar-refractivity contribution in [3.63, 3.8) is 0 Å². The van der Waals surface area contributed by atoms with Gasteiger partial charge in [-0.15, -0.1) is 0 Å². The average Bonchev–Trinajstić information content (AvgIpc) is 2.35. The van der Waals surface area contributed by atoms with Gasteiger partial charge in [-0.05, 0) is 25.5 Å². The van der Waals surface area contributed by atoms with Crippen molar-refractivity contribution in [2.24, 2.45) is 0 Å². The van der Waals surface area contributed by atoms with E-state index in [1.54, 1.807) is 6.07 Å². The maximum absolute atomic E-state index is 11.5. The van der Waals surface area contributed by atoms with Crippen molar-refractivity contribution >= 4 is 17.6 Å². The number of aromatic carboxylic acids is 1. The van der Waals surface area contributed by atoms with Crippen LogP contribution in [0.15, 0.2) is 18.2 Å². The van der Waals surface area contributed by atoms with Crippen LogP contribution in [0.25, 0.3) is 0 Å². The van der Waals surface area contributed by atoms with E-state index in [2.05, 4.69) is 5.32 Å². The fourth-order valence-electron chi connectivity index (χ4n) is 1.46. The standard InChI is InChI=1S/C13H18N2O4/c1-3-8(2)15-11(16)7-19-10-6-4-5-9(14)12(10)13(17)18/h4-6,8H,3,7,14H2,1-2H3,(H,15,16)(H,17,18). The number of amides is 1. The molecule has 1 amide bonds. The topological polar surface area (TPSA) is 102 Å². The summed E-state index contributed by atoms with van der Waals surface area (Å²) in [6, 6.07) is 4.56. The molecule has 0 bridgehead atoms. The van der Waals surface area contributed by atoms with Crippen molar-refractivity contribution in [2.45, 2.75) is 26.3 Å². The minimum Gasteiger partial charge on any atom is -0.483 e. The van der Waals surface area contributed by atoms with E-state index in [1.807, 2.05) is 13.8 Å². The Hall–Kier alpha value is -2.24. The Morgan fingerprint density at radius 2 is 2.16 bits per heavy atom. The number of carbonyl (C=O) groups is 2. The summed E-state index contributed by atoms with van der Waals surface area (Å²) >= 11 is 0. The summed E-state index contributed by atoms with van der Waals surface area (Å²) in [5, 5.41) is 11.8. The molecule has 104 valence electrons. The molecule has 4 N–H and O–H groups in total. The first-order valence-electron chi connectivity index (χ1n) is 5.99. The molecule has 19 heavy (non-hydrogen) atoms. The molecule has 0 fully saturated rings. The first kappa shape index (κ1) is 14.8. The van der Waals surface area contributed by atoms with Crippen LogP contribution in [0.3, 0.4) is 0 Å². The van der Waals surface area contributed by atoms with Crippen LogP contribution in [-0.4, -0.2) is 29.6 Å². The van der Waals surface area contributed by atoms with Crippen LogP contribution in [0.1, 0.15) is 30.6 Å². The second kappa shape index (κ2) is 6.63. The van der Waals surface area contributed by atoms with E-state index in [4.69, 9.17) is 15.6 Å². The molecule has 0 aliphatic heterocycles. The highest BCUT2D eigenvalue weighted by Crippen LogP contribution is 2.24. The molecule has 1 unspecified atom stereocenters. The predicted octanol–water partition coefficient (Wildman–Crippen LogP) is 1.26. The molecule has 6 nitrogen and oxygen atoms in total. The molecule has 1 atom stereocenters. The van der Waals surface area contributed by atoms with Crippen LogP contribution in [-0.2, 0) is 4.79 Å². The molecular weight excluding hydrogens is 248 g/mol. The van der Waals surface area contributed by atoms with Gasteiger partial charge in [-0.1, -0.05) is 13.0 Å². The molecule has 1 rings (SSSR count). The second-order valence-corrected chi connectivity index (χ2v) is 4.19.